The lowest BCUT2D eigenvalue weighted by molar-refractivity contribution is 0.112. The van der Waals surface area contributed by atoms with Gasteiger partial charge in [-0.3, -0.25) is 9.78 Å². The molecule has 0 fully saturated rings. The first-order valence-corrected chi connectivity index (χ1v) is 5.58. The predicted molar refractivity (Wildman–Crippen MR) is 68.0 cm³/mol. The quantitative estimate of drug-likeness (QED) is 0.844. The average molecular weight is 244 g/mol. The van der Waals surface area contributed by atoms with Gasteiger partial charge in [0.15, 0.2) is 6.29 Å². The highest BCUT2D eigenvalue weighted by molar-refractivity contribution is 5.76. The second kappa shape index (κ2) is 4.96. The number of hydrogen-bond acceptors (Lipinski definition) is 3. The maximum Gasteiger partial charge on any atom is 0.151 e. The summed E-state index contributed by atoms with van der Waals surface area (Å²) in [5, 5.41) is 0. The fourth-order valence-electron chi connectivity index (χ4n) is 1.91. The molecule has 0 amide bonds. The van der Waals surface area contributed by atoms with Crippen molar-refractivity contribution in [2.24, 2.45) is 0 Å². The normalized spacial score (nSPS) is 12.1. The first-order chi connectivity index (χ1) is 8.63. The molecule has 0 saturated carbocycles. The van der Waals surface area contributed by atoms with Crippen LogP contribution >= 0.6 is 0 Å². The van der Waals surface area contributed by atoms with Crippen LogP contribution in [0.4, 0.5) is 10.1 Å². The third-order valence-electron chi connectivity index (χ3n) is 2.89. The molecular weight excluding hydrogens is 231 g/mol. The third kappa shape index (κ3) is 2.22. The Labute approximate surface area is 104 Å². The molecule has 18 heavy (non-hydrogen) atoms. The lowest BCUT2D eigenvalue weighted by Crippen LogP contribution is -2.06. The Morgan fingerprint density at radius 3 is 2.72 bits per heavy atom. The van der Waals surface area contributed by atoms with E-state index < -0.39 is 0 Å². The zero-order valence-corrected chi connectivity index (χ0v) is 9.93. The summed E-state index contributed by atoms with van der Waals surface area (Å²) in [7, 11) is 0. The summed E-state index contributed by atoms with van der Waals surface area (Å²) in [6.45, 7) is 1.83. The third-order valence-corrected chi connectivity index (χ3v) is 2.89. The first-order valence-electron chi connectivity index (χ1n) is 5.58. The van der Waals surface area contributed by atoms with Crippen molar-refractivity contribution in [2.45, 2.75) is 12.8 Å². The van der Waals surface area contributed by atoms with Crippen molar-refractivity contribution in [3.05, 3.63) is 59.2 Å². The number of hydrogen-bond donors (Lipinski definition) is 1. The van der Waals surface area contributed by atoms with Gasteiger partial charge in [-0.15, -0.1) is 0 Å². The van der Waals surface area contributed by atoms with E-state index in [-0.39, 0.29) is 11.7 Å². The number of aldehydes is 1. The number of rotatable bonds is 3. The van der Waals surface area contributed by atoms with E-state index in [1.54, 1.807) is 24.3 Å². The number of pyridine rings is 1. The molecule has 0 aliphatic heterocycles. The maximum atomic E-state index is 13.7. The van der Waals surface area contributed by atoms with Crippen molar-refractivity contribution in [3.8, 4) is 0 Å². The molecule has 1 aromatic carbocycles. The van der Waals surface area contributed by atoms with Gasteiger partial charge >= 0.3 is 0 Å². The second-order valence-electron chi connectivity index (χ2n) is 4.10. The molecule has 3 nitrogen and oxygen atoms in total. The second-order valence-corrected chi connectivity index (χ2v) is 4.10. The Balaban J connectivity index is 2.43. The minimum Gasteiger partial charge on any atom is -0.397 e. The highest BCUT2D eigenvalue weighted by Crippen LogP contribution is 2.28. The molecule has 1 aromatic heterocycles. The fraction of sp³-hybridized carbons (Fsp3) is 0.143. The standard InChI is InChI=1S/C14H13FN2O/c1-9(11-4-2-3-5-12(11)15)14-13(16)6-10(8-18)7-17-14/h2-9H,16H2,1H3. The van der Waals surface area contributed by atoms with E-state index in [1.807, 2.05) is 6.92 Å². The van der Waals surface area contributed by atoms with Crippen LogP contribution in [0, 0.1) is 5.82 Å². The Kier molecular flexibility index (Phi) is 3.37. The number of benzene rings is 1. The van der Waals surface area contributed by atoms with Gasteiger partial charge in [-0.05, 0) is 17.7 Å². The van der Waals surface area contributed by atoms with Crippen molar-refractivity contribution in [1.29, 1.82) is 0 Å². The van der Waals surface area contributed by atoms with Gasteiger partial charge in [-0.1, -0.05) is 25.1 Å². The Bertz CT molecular complexity index is 584. The molecule has 2 aromatic rings. The largest absolute Gasteiger partial charge is 0.397 e. The summed E-state index contributed by atoms with van der Waals surface area (Å²) < 4.78 is 13.7. The molecule has 1 heterocycles. The van der Waals surface area contributed by atoms with Gasteiger partial charge in [0, 0.05) is 17.7 Å². The molecule has 4 heteroatoms. The number of nitrogens with two attached hydrogens (primary N) is 1. The number of aromatic nitrogens is 1. The SMILES string of the molecule is CC(c1ccccc1F)c1ncc(C=O)cc1N. The van der Waals surface area contributed by atoms with Crippen LogP contribution in [-0.2, 0) is 0 Å². The minimum atomic E-state index is -0.286. The fourth-order valence-corrected chi connectivity index (χ4v) is 1.91. The van der Waals surface area contributed by atoms with Crippen LogP contribution < -0.4 is 5.73 Å². The summed E-state index contributed by atoms with van der Waals surface area (Å²) in [6, 6.07) is 8.06. The van der Waals surface area contributed by atoms with Crippen molar-refractivity contribution < 1.29 is 9.18 Å². The van der Waals surface area contributed by atoms with Gasteiger partial charge in [0.2, 0.25) is 0 Å². The first kappa shape index (κ1) is 12.2. The van der Waals surface area contributed by atoms with E-state index in [1.165, 1.54) is 12.3 Å². The van der Waals surface area contributed by atoms with Crippen molar-refractivity contribution in [2.75, 3.05) is 5.73 Å². The van der Waals surface area contributed by atoms with E-state index in [0.717, 1.165) is 0 Å². The summed E-state index contributed by atoms with van der Waals surface area (Å²) in [5.74, 6) is -0.544. The summed E-state index contributed by atoms with van der Waals surface area (Å²) in [4.78, 5) is 14.8. The molecule has 0 bridgehead atoms. The topological polar surface area (TPSA) is 56.0 Å². The molecule has 0 aliphatic carbocycles. The monoisotopic (exact) mass is 244 g/mol. The lowest BCUT2D eigenvalue weighted by atomic mass is 9.95. The summed E-state index contributed by atoms with van der Waals surface area (Å²) in [6.07, 6.45) is 2.12. The van der Waals surface area contributed by atoms with Gasteiger partial charge in [0.1, 0.15) is 5.82 Å². The van der Waals surface area contributed by atoms with E-state index in [2.05, 4.69) is 4.98 Å². The number of carbonyl (C=O) groups is 1. The highest BCUT2D eigenvalue weighted by Gasteiger charge is 2.16. The minimum absolute atomic E-state index is 0.257. The van der Waals surface area contributed by atoms with Gasteiger partial charge in [-0.2, -0.15) is 0 Å². The Hall–Kier alpha value is -2.23. The zero-order valence-electron chi connectivity index (χ0n) is 9.93. The number of carbonyl (C=O) groups excluding carboxylic acids is 1. The predicted octanol–water partition coefficient (Wildman–Crippen LogP) is 2.77. The highest BCUT2D eigenvalue weighted by atomic mass is 19.1. The molecule has 0 spiro atoms. The summed E-state index contributed by atoms with van der Waals surface area (Å²) >= 11 is 0. The molecule has 0 radical (unpaired) electrons. The van der Waals surface area contributed by atoms with Crippen LogP contribution in [0.25, 0.3) is 0 Å². The van der Waals surface area contributed by atoms with E-state index in [0.29, 0.717) is 28.8 Å². The van der Waals surface area contributed by atoms with Gasteiger partial charge < -0.3 is 5.73 Å². The van der Waals surface area contributed by atoms with Crippen LogP contribution in [0.1, 0.15) is 34.5 Å². The van der Waals surface area contributed by atoms with Crippen LogP contribution in [0.2, 0.25) is 0 Å². The number of nitrogens with zero attached hydrogens (tertiary/aromatic N) is 1. The van der Waals surface area contributed by atoms with E-state index >= 15 is 0 Å². The maximum absolute atomic E-state index is 13.7. The summed E-state index contributed by atoms with van der Waals surface area (Å²) in [5.41, 5.74) is 7.77. The van der Waals surface area contributed by atoms with Crippen LogP contribution in [0.3, 0.4) is 0 Å². The average Bonchev–Trinajstić information content (AvgIpc) is 2.38. The number of nitrogen functional groups attached to an aromatic ring is 1. The molecule has 1 atom stereocenters. The van der Waals surface area contributed by atoms with Gasteiger partial charge in [0.05, 0.1) is 11.4 Å². The van der Waals surface area contributed by atoms with E-state index in [4.69, 9.17) is 5.73 Å². The zero-order chi connectivity index (χ0) is 13.1. The van der Waals surface area contributed by atoms with E-state index in [9.17, 15) is 9.18 Å². The molecule has 0 aliphatic rings. The molecule has 2 rings (SSSR count). The van der Waals surface area contributed by atoms with Crippen LogP contribution in [0.5, 0.6) is 0 Å². The molecule has 2 N–H and O–H groups in total. The molecule has 92 valence electrons. The Morgan fingerprint density at radius 2 is 2.11 bits per heavy atom. The van der Waals surface area contributed by atoms with Gasteiger partial charge in [0.25, 0.3) is 0 Å². The Morgan fingerprint density at radius 1 is 1.39 bits per heavy atom. The van der Waals surface area contributed by atoms with Crippen LogP contribution in [0.15, 0.2) is 36.5 Å². The molecular formula is C14H13FN2O. The van der Waals surface area contributed by atoms with Crippen molar-refractivity contribution in [1.82, 2.24) is 4.98 Å². The van der Waals surface area contributed by atoms with Crippen molar-refractivity contribution >= 4 is 12.0 Å². The lowest BCUT2D eigenvalue weighted by Gasteiger charge is -2.14. The molecule has 0 saturated heterocycles. The van der Waals surface area contributed by atoms with Gasteiger partial charge in [-0.25, -0.2) is 4.39 Å². The van der Waals surface area contributed by atoms with Crippen LogP contribution in [-0.4, -0.2) is 11.3 Å². The molecule has 1 unspecified atom stereocenters. The number of halogens is 1. The number of anilines is 1. The van der Waals surface area contributed by atoms with Crippen molar-refractivity contribution in [3.63, 3.8) is 0 Å². The smallest absolute Gasteiger partial charge is 0.151 e.